The highest BCUT2D eigenvalue weighted by atomic mass is 32.2. The second-order valence-electron chi connectivity index (χ2n) is 6.65. The second kappa shape index (κ2) is 10.4. The number of nitriles is 1. The molecule has 0 heterocycles. The third kappa shape index (κ3) is 6.67. The van der Waals surface area contributed by atoms with Crippen LogP contribution in [0.1, 0.15) is 11.1 Å². The number of nitrogens with zero attached hydrogens (tertiary/aromatic N) is 1. The van der Waals surface area contributed by atoms with Crippen molar-refractivity contribution in [2.75, 3.05) is 11.9 Å². The maximum Gasteiger partial charge on any atom is 0.262 e. The van der Waals surface area contributed by atoms with Crippen molar-refractivity contribution in [2.45, 2.75) is 17.9 Å². The van der Waals surface area contributed by atoms with E-state index in [0.29, 0.717) is 17.9 Å². The molecule has 0 aliphatic heterocycles. The molecular formula is C23H21N3O4S. The van der Waals surface area contributed by atoms with Gasteiger partial charge in [-0.3, -0.25) is 4.79 Å². The summed E-state index contributed by atoms with van der Waals surface area (Å²) in [6.45, 7) is -0.0304. The second-order valence-corrected chi connectivity index (χ2v) is 8.42. The fourth-order valence-electron chi connectivity index (χ4n) is 2.72. The van der Waals surface area contributed by atoms with Crippen LogP contribution in [0.25, 0.3) is 0 Å². The molecule has 0 aliphatic rings. The van der Waals surface area contributed by atoms with E-state index in [2.05, 4.69) is 16.1 Å². The fraction of sp³-hybridized carbons (Fsp3) is 0.130. The molecule has 158 valence electrons. The Morgan fingerprint density at radius 1 is 0.903 bits per heavy atom. The van der Waals surface area contributed by atoms with E-state index in [1.54, 1.807) is 24.3 Å². The Morgan fingerprint density at radius 3 is 2.23 bits per heavy atom. The first-order valence-corrected chi connectivity index (χ1v) is 11.0. The number of hydrogen-bond donors (Lipinski definition) is 2. The molecule has 0 aliphatic carbocycles. The van der Waals surface area contributed by atoms with Crippen molar-refractivity contribution in [1.29, 1.82) is 5.26 Å². The Balaban J connectivity index is 1.50. The lowest BCUT2D eigenvalue weighted by Gasteiger charge is -2.10. The van der Waals surface area contributed by atoms with E-state index in [-0.39, 0.29) is 24.0 Å². The molecule has 0 unspecified atom stereocenters. The van der Waals surface area contributed by atoms with E-state index in [9.17, 15) is 13.2 Å². The summed E-state index contributed by atoms with van der Waals surface area (Å²) in [5, 5.41) is 11.4. The van der Waals surface area contributed by atoms with Gasteiger partial charge in [-0.25, -0.2) is 13.1 Å². The number of amides is 1. The van der Waals surface area contributed by atoms with Crippen molar-refractivity contribution in [1.82, 2.24) is 4.72 Å². The highest BCUT2D eigenvalue weighted by Crippen LogP contribution is 2.17. The zero-order valence-corrected chi connectivity index (χ0v) is 17.4. The smallest absolute Gasteiger partial charge is 0.262 e. The maximum atomic E-state index is 12.4. The summed E-state index contributed by atoms with van der Waals surface area (Å²) in [5.41, 5.74) is 2.32. The van der Waals surface area contributed by atoms with Crippen molar-refractivity contribution in [3.63, 3.8) is 0 Å². The minimum Gasteiger partial charge on any atom is -0.484 e. The molecular weight excluding hydrogens is 414 g/mol. The van der Waals surface area contributed by atoms with Crippen LogP contribution in [0, 0.1) is 11.3 Å². The number of hydrogen-bond acceptors (Lipinski definition) is 5. The summed E-state index contributed by atoms with van der Waals surface area (Å²) in [7, 11) is -3.66. The van der Waals surface area contributed by atoms with Gasteiger partial charge >= 0.3 is 0 Å². The Kier molecular flexibility index (Phi) is 7.38. The fourth-order valence-corrected chi connectivity index (χ4v) is 3.73. The molecule has 0 fully saturated rings. The van der Waals surface area contributed by atoms with Gasteiger partial charge < -0.3 is 10.1 Å². The van der Waals surface area contributed by atoms with Gasteiger partial charge in [0, 0.05) is 12.2 Å². The van der Waals surface area contributed by atoms with Gasteiger partial charge in [-0.1, -0.05) is 42.5 Å². The maximum absolute atomic E-state index is 12.4. The first-order valence-electron chi connectivity index (χ1n) is 9.48. The van der Waals surface area contributed by atoms with Crippen LogP contribution in [0.15, 0.2) is 83.8 Å². The van der Waals surface area contributed by atoms with Gasteiger partial charge in [0.05, 0.1) is 17.4 Å². The number of rotatable bonds is 9. The van der Waals surface area contributed by atoms with Crippen molar-refractivity contribution in [2.24, 2.45) is 0 Å². The zero-order valence-electron chi connectivity index (χ0n) is 16.6. The van der Waals surface area contributed by atoms with Gasteiger partial charge in [0.1, 0.15) is 5.75 Å². The Labute approximate surface area is 181 Å². The lowest BCUT2D eigenvalue weighted by molar-refractivity contribution is -0.118. The molecule has 1 amide bonds. The molecule has 2 N–H and O–H groups in total. The molecule has 7 nitrogen and oxygen atoms in total. The minimum atomic E-state index is -3.66. The van der Waals surface area contributed by atoms with Crippen LogP contribution in [0.4, 0.5) is 5.69 Å². The number of carbonyl (C=O) groups excluding carboxylic acids is 1. The monoisotopic (exact) mass is 435 g/mol. The summed E-state index contributed by atoms with van der Waals surface area (Å²) in [4.78, 5) is 12.2. The average Bonchev–Trinajstić information content (AvgIpc) is 2.79. The first-order chi connectivity index (χ1) is 15.0. The quantitative estimate of drug-likeness (QED) is 0.536. The van der Waals surface area contributed by atoms with Crippen molar-refractivity contribution in [3.8, 4) is 11.8 Å². The number of anilines is 1. The molecule has 3 rings (SSSR count). The van der Waals surface area contributed by atoms with Crippen molar-refractivity contribution >= 4 is 21.6 Å². The number of sulfonamides is 1. The van der Waals surface area contributed by atoms with Crippen LogP contribution < -0.4 is 14.8 Å². The molecule has 0 atom stereocenters. The molecule has 8 heteroatoms. The molecule has 0 bridgehead atoms. The molecule has 0 spiro atoms. The summed E-state index contributed by atoms with van der Waals surface area (Å²) in [6, 6.07) is 24.1. The molecule has 0 saturated carbocycles. The largest absolute Gasteiger partial charge is 0.484 e. The highest BCUT2D eigenvalue weighted by molar-refractivity contribution is 7.89. The van der Waals surface area contributed by atoms with Crippen LogP contribution >= 0.6 is 0 Å². The lowest BCUT2D eigenvalue weighted by Crippen LogP contribution is -2.23. The average molecular weight is 436 g/mol. The van der Waals surface area contributed by atoms with E-state index in [1.807, 2.05) is 30.3 Å². The SMILES string of the molecule is N#CCc1ccc(NC(=O)COc2ccc(S(=O)(=O)NCc3ccccc3)cc2)cc1. The van der Waals surface area contributed by atoms with Crippen LogP contribution in [0.3, 0.4) is 0 Å². The third-order valence-corrected chi connectivity index (χ3v) is 5.75. The highest BCUT2D eigenvalue weighted by Gasteiger charge is 2.14. The minimum absolute atomic E-state index is 0.109. The molecule has 3 aromatic carbocycles. The number of ether oxygens (including phenoxy) is 1. The molecule has 0 aromatic heterocycles. The first kappa shape index (κ1) is 22.0. The van der Waals surface area contributed by atoms with Gasteiger partial charge in [-0.05, 0) is 47.5 Å². The van der Waals surface area contributed by atoms with Crippen LogP contribution in [0.5, 0.6) is 5.75 Å². The van der Waals surface area contributed by atoms with Crippen LogP contribution in [-0.2, 0) is 27.8 Å². The third-order valence-electron chi connectivity index (χ3n) is 4.33. The Morgan fingerprint density at radius 2 is 1.58 bits per heavy atom. The van der Waals surface area contributed by atoms with E-state index >= 15 is 0 Å². The number of nitrogens with one attached hydrogen (secondary N) is 2. The predicted molar refractivity (Wildman–Crippen MR) is 117 cm³/mol. The number of benzene rings is 3. The summed E-state index contributed by atoms with van der Waals surface area (Å²) in [6.07, 6.45) is 0.310. The Hall–Kier alpha value is -3.67. The lowest BCUT2D eigenvalue weighted by atomic mass is 10.1. The zero-order chi connectivity index (χ0) is 22.1. The molecule has 0 saturated heterocycles. The van der Waals surface area contributed by atoms with Gasteiger partial charge in [-0.15, -0.1) is 0 Å². The number of carbonyl (C=O) groups is 1. The Bertz CT molecular complexity index is 1150. The molecule has 0 radical (unpaired) electrons. The van der Waals surface area contributed by atoms with Crippen molar-refractivity contribution in [3.05, 3.63) is 90.0 Å². The van der Waals surface area contributed by atoms with E-state index in [0.717, 1.165) is 11.1 Å². The van der Waals surface area contributed by atoms with E-state index in [1.165, 1.54) is 24.3 Å². The topological polar surface area (TPSA) is 108 Å². The molecule has 31 heavy (non-hydrogen) atoms. The summed E-state index contributed by atoms with van der Waals surface area (Å²) in [5.74, 6) is 0.0239. The summed E-state index contributed by atoms with van der Waals surface area (Å²) < 4.78 is 32.8. The van der Waals surface area contributed by atoms with Crippen LogP contribution in [-0.4, -0.2) is 20.9 Å². The van der Waals surface area contributed by atoms with Crippen molar-refractivity contribution < 1.29 is 17.9 Å². The van der Waals surface area contributed by atoms with Gasteiger partial charge in [0.2, 0.25) is 10.0 Å². The standard InChI is InChI=1S/C23H21N3O4S/c24-15-14-18-6-8-20(9-7-18)26-23(27)17-30-21-10-12-22(13-11-21)31(28,29)25-16-19-4-2-1-3-5-19/h1-13,25H,14,16-17H2,(H,26,27). The molecule has 3 aromatic rings. The van der Waals surface area contributed by atoms with Gasteiger partial charge in [0.25, 0.3) is 5.91 Å². The van der Waals surface area contributed by atoms with Crippen LogP contribution in [0.2, 0.25) is 0 Å². The van der Waals surface area contributed by atoms with E-state index in [4.69, 9.17) is 10.00 Å². The normalized spacial score (nSPS) is 10.8. The predicted octanol–water partition coefficient (Wildman–Crippen LogP) is 3.25. The summed E-state index contributed by atoms with van der Waals surface area (Å²) >= 11 is 0. The van der Waals surface area contributed by atoms with Gasteiger partial charge in [-0.2, -0.15) is 5.26 Å². The van der Waals surface area contributed by atoms with E-state index < -0.39 is 10.0 Å². The van der Waals surface area contributed by atoms with Gasteiger partial charge in [0.15, 0.2) is 6.61 Å².